The number of nitrogens with one attached hydrogen (secondary N) is 1. The van der Waals surface area contributed by atoms with Crippen LogP contribution in [0.5, 0.6) is 0 Å². The molecule has 0 spiro atoms. The molecule has 3 nitrogen and oxygen atoms in total. The van der Waals surface area contributed by atoms with Gasteiger partial charge in [0.2, 0.25) is 0 Å². The molecule has 2 atom stereocenters. The Hall–Kier alpha value is -0.990. The van der Waals surface area contributed by atoms with Crippen molar-refractivity contribution in [3.63, 3.8) is 0 Å². The van der Waals surface area contributed by atoms with E-state index in [0.717, 1.165) is 23.5 Å². The van der Waals surface area contributed by atoms with E-state index in [2.05, 4.69) is 0 Å². The molecule has 0 unspecified atom stereocenters. The highest BCUT2D eigenvalue weighted by Gasteiger charge is 2.36. The minimum atomic E-state index is -4.43. The fraction of sp³-hybridized carbons (Fsp3) is 0.462. The molecule has 1 aliphatic heterocycles. The van der Waals surface area contributed by atoms with Crippen LogP contribution in [0.4, 0.5) is 13.2 Å². The van der Waals surface area contributed by atoms with Crippen molar-refractivity contribution >= 4 is 32.7 Å². The van der Waals surface area contributed by atoms with Gasteiger partial charge >= 0.3 is 6.18 Å². The number of aromatic nitrogens is 1. The number of hydrogen-bond acceptors (Lipinski definition) is 3. The molecule has 0 saturated carbocycles. The molecule has 2 aromatic rings. The van der Waals surface area contributed by atoms with Gasteiger partial charge in [-0.3, -0.25) is 5.41 Å². The Morgan fingerprint density at radius 1 is 1.48 bits per heavy atom. The number of thiazole rings is 1. The van der Waals surface area contributed by atoms with Crippen molar-refractivity contribution in [2.45, 2.75) is 31.3 Å². The van der Waals surface area contributed by atoms with Crippen LogP contribution in [0.15, 0.2) is 12.1 Å². The average Bonchev–Trinajstić information content (AvgIpc) is 2.75. The van der Waals surface area contributed by atoms with E-state index >= 15 is 0 Å². The SMILES string of the molecule is CC[S@+]([O-])[C@@H]1CCn2c(=N)sc3cc(C(F)(F)F)cc1c32. The van der Waals surface area contributed by atoms with E-state index < -0.39 is 22.9 Å². The zero-order chi connectivity index (χ0) is 15.4. The van der Waals surface area contributed by atoms with Gasteiger partial charge in [0.1, 0.15) is 11.0 Å². The molecule has 2 heterocycles. The topological polar surface area (TPSA) is 51.8 Å². The molecule has 21 heavy (non-hydrogen) atoms. The van der Waals surface area contributed by atoms with Crippen molar-refractivity contribution in [3.05, 3.63) is 28.1 Å². The fourth-order valence-electron chi connectivity index (χ4n) is 2.76. The third-order valence-corrected chi connectivity index (χ3v) is 6.36. The van der Waals surface area contributed by atoms with E-state index in [0.29, 0.717) is 34.5 Å². The molecule has 1 aliphatic rings. The third-order valence-electron chi connectivity index (χ3n) is 3.72. The highest BCUT2D eigenvalue weighted by molar-refractivity contribution is 7.91. The Morgan fingerprint density at radius 2 is 2.19 bits per heavy atom. The largest absolute Gasteiger partial charge is 0.616 e. The summed E-state index contributed by atoms with van der Waals surface area (Å²) < 4.78 is 53.5. The Morgan fingerprint density at radius 3 is 2.81 bits per heavy atom. The number of benzene rings is 1. The average molecular weight is 334 g/mol. The monoisotopic (exact) mass is 334 g/mol. The molecule has 1 aromatic carbocycles. The number of halogens is 3. The van der Waals surface area contributed by atoms with Crippen LogP contribution in [0.3, 0.4) is 0 Å². The first kappa shape index (κ1) is 14.9. The van der Waals surface area contributed by atoms with Gasteiger partial charge in [0, 0.05) is 18.5 Å². The second-order valence-electron chi connectivity index (χ2n) is 4.92. The molecule has 114 valence electrons. The molecule has 0 bridgehead atoms. The van der Waals surface area contributed by atoms with E-state index in [4.69, 9.17) is 5.41 Å². The molecule has 0 aliphatic carbocycles. The van der Waals surface area contributed by atoms with Crippen LogP contribution in [0, 0.1) is 5.41 Å². The minimum Gasteiger partial charge on any atom is -0.616 e. The van der Waals surface area contributed by atoms with Crippen LogP contribution in [0.25, 0.3) is 10.2 Å². The van der Waals surface area contributed by atoms with Gasteiger partial charge in [-0.05, 0) is 30.2 Å². The molecule has 1 aromatic heterocycles. The lowest BCUT2D eigenvalue weighted by atomic mass is 10.0. The molecule has 1 N–H and O–H groups in total. The Balaban J connectivity index is 2.31. The van der Waals surface area contributed by atoms with E-state index in [-0.39, 0.29) is 10.1 Å². The van der Waals surface area contributed by atoms with Crippen molar-refractivity contribution in [3.8, 4) is 0 Å². The molecule has 0 saturated heterocycles. The van der Waals surface area contributed by atoms with Crippen molar-refractivity contribution in [1.82, 2.24) is 4.57 Å². The predicted octanol–water partition coefficient (Wildman–Crippen LogP) is 3.41. The summed E-state index contributed by atoms with van der Waals surface area (Å²) in [5.74, 6) is 0.417. The third kappa shape index (κ3) is 2.39. The smallest absolute Gasteiger partial charge is 0.416 e. The second-order valence-corrected chi connectivity index (χ2v) is 7.85. The summed E-state index contributed by atoms with van der Waals surface area (Å²) in [4.78, 5) is 0.242. The van der Waals surface area contributed by atoms with Crippen LogP contribution in [0.2, 0.25) is 0 Å². The van der Waals surface area contributed by atoms with Gasteiger partial charge in [-0.1, -0.05) is 11.3 Å². The van der Waals surface area contributed by atoms with Gasteiger partial charge in [0.15, 0.2) is 4.80 Å². The molecule has 8 heteroatoms. The number of nitrogens with zero attached hydrogens (tertiary/aromatic N) is 1. The first-order valence-electron chi connectivity index (χ1n) is 6.49. The summed E-state index contributed by atoms with van der Waals surface area (Å²) >= 11 is -0.150. The Labute approximate surface area is 126 Å². The predicted molar refractivity (Wildman–Crippen MR) is 76.7 cm³/mol. The van der Waals surface area contributed by atoms with Gasteiger partial charge in [-0.15, -0.1) is 0 Å². The van der Waals surface area contributed by atoms with Gasteiger partial charge in [-0.2, -0.15) is 13.2 Å². The van der Waals surface area contributed by atoms with Crippen LogP contribution >= 0.6 is 11.3 Å². The lowest BCUT2D eigenvalue weighted by molar-refractivity contribution is -0.137. The van der Waals surface area contributed by atoms with Crippen LogP contribution in [-0.2, 0) is 23.9 Å². The van der Waals surface area contributed by atoms with E-state index in [1.165, 1.54) is 0 Å². The first-order chi connectivity index (χ1) is 9.82. The summed E-state index contributed by atoms with van der Waals surface area (Å²) in [6.45, 7) is 2.31. The van der Waals surface area contributed by atoms with E-state index in [1.807, 2.05) is 0 Å². The minimum absolute atomic E-state index is 0.242. The molecule has 0 amide bonds. The highest BCUT2D eigenvalue weighted by Crippen LogP contribution is 2.41. The van der Waals surface area contributed by atoms with Crippen molar-refractivity contribution in [2.75, 3.05) is 5.75 Å². The molecule has 3 rings (SSSR count). The Bertz CT molecular complexity index is 750. The summed E-state index contributed by atoms with van der Waals surface area (Å²) in [6, 6.07) is 2.21. The maximum absolute atomic E-state index is 13.0. The van der Waals surface area contributed by atoms with Gasteiger partial charge in [0.05, 0.1) is 15.8 Å². The molecular formula is C13H13F3N2OS2. The van der Waals surface area contributed by atoms with E-state index in [1.54, 1.807) is 11.5 Å². The lowest BCUT2D eigenvalue weighted by Gasteiger charge is -2.27. The van der Waals surface area contributed by atoms with Crippen LogP contribution in [0.1, 0.15) is 29.7 Å². The number of alkyl halides is 3. The molecule has 0 radical (unpaired) electrons. The van der Waals surface area contributed by atoms with Crippen molar-refractivity contribution in [2.24, 2.45) is 0 Å². The molecular weight excluding hydrogens is 321 g/mol. The standard InChI is InChI=1S/C13H13F3N2OS2/c1-2-21(19)10-3-4-18-11-8(10)5-7(13(14,15)16)6-9(11)20-12(18)17/h5-6,10,17H,2-4H2,1H3/t10-,21+/m1/s1. The van der Waals surface area contributed by atoms with Crippen molar-refractivity contribution < 1.29 is 17.7 Å². The van der Waals surface area contributed by atoms with Gasteiger partial charge in [-0.25, -0.2) is 0 Å². The summed E-state index contributed by atoms with van der Waals surface area (Å²) in [6.07, 6.45) is -3.92. The van der Waals surface area contributed by atoms with Crippen molar-refractivity contribution in [1.29, 1.82) is 5.41 Å². The Kier molecular flexibility index (Phi) is 3.58. The normalized spacial score (nSPS) is 20.0. The zero-order valence-electron chi connectivity index (χ0n) is 11.2. The maximum Gasteiger partial charge on any atom is 0.416 e. The lowest BCUT2D eigenvalue weighted by Crippen LogP contribution is -2.26. The quantitative estimate of drug-likeness (QED) is 0.841. The number of hydrogen-bond donors (Lipinski definition) is 1. The summed E-state index contributed by atoms with van der Waals surface area (Å²) in [5.41, 5.74) is 0.399. The molecule has 0 fully saturated rings. The maximum atomic E-state index is 13.0. The number of aryl methyl sites for hydroxylation is 1. The summed E-state index contributed by atoms with van der Waals surface area (Å²) in [7, 11) is 0. The number of rotatable bonds is 2. The second kappa shape index (κ2) is 5.03. The van der Waals surface area contributed by atoms with Crippen LogP contribution < -0.4 is 4.80 Å². The first-order valence-corrected chi connectivity index (χ1v) is 8.69. The van der Waals surface area contributed by atoms with E-state index in [9.17, 15) is 17.7 Å². The zero-order valence-corrected chi connectivity index (χ0v) is 12.8. The summed E-state index contributed by atoms with van der Waals surface area (Å²) in [5, 5.41) is 7.52. The van der Waals surface area contributed by atoms with Gasteiger partial charge < -0.3 is 9.12 Å². The fourth-order valence-corrected chi connectivity index (χ4v) is 5.00. The highest BCUT2D eigenvalue weighted by atomic mass is 32.2. The van der Waals surface area contributed by atoms with Crippen LogP contribution in [-0.4, -0.2) is 14.9 Å². The van der Waals surface area contributed by atoms with Gasteiger partial charge in [0.25, 0.3) is 0 Å².